The van der Waals surface area contributed by atoms with E-state index in [-0.39, 0.29) is 13.4 Å². The molecular weight excluding hydrogens is 327 g/mol. The summed E-state index contributed by atoms with van der Waals surface area (Å²) in [5, 5.41) is 14.6. The molecule has 0 fully saturated rings. The molecule has 0 aliphatic heterocycles. The van der Waals surface area contributed by atoms with Crippen molar-refractivity contribution >= 4 is 23.2 Å². The lowest BCUT2D eigenvalue weighted by Gasteiger charge is -2.08. The molecule has 2 rings (SSSR count). The van der Waals surface area contributed by atoms with Gasteiger partial charge >= 0.3 is 0 Å². The van der Waals surface area contributed by atoms with Crippen LogP contribution in [0.5, 0.6) is 5.88 Å². The minimum absolute atomic E-state index is 0.126. The van der Waals surface area contributed by atoms with Crippen molar-refractivity contribution in [2.75, 3.05) is 20.5 Å². The lowest BCUT2D eigenvalue weighted by atomic mass is 10.2. The number of methoxy groups -OCH3 is 1. The summed E-state index contributed by atoms with van der Waals surface area (Å²) in [5.41, 5.74) is 1.88. The van der Waals surface area contributed by atoms with Crippen LogP contribution in [0.1, 0.15) is 17.7 Å². The second kappa shape index (κ2) is 8.39. The number of aryl methyl sites for hydroxylation is 1. The van der Waals surface area contributed by atoms with E-state index < -0.39 is 0 Å². The van der Waals surface area contributed by atoms with Crippen LogP contribution < -0.4 is 4.74 Å². The monoisotopic (exact) mass is 344 g/mol. The molecule has 0 atom stereocenters. The van der Waals surface area contributed by atoms with Crippen molar-refractivity contribution in [3.05, 3.63) is 45.6 Å². The molecule has 120 valence electrons. The van der Waals surface area contributed by atoms with Crippen LogP contribution in [-0.2, 0) is 17.7 Å². The fraction of sp³-hybridized carbons (Fsp3) is 0.400. The maximum absolute atomic E-state index is 9.01. The van der Waals surface area contributed by atoms with Crippen LogP contribution in [0, 0.1) is 0 Å². The largest absolute Gasteiger partial charge is 0.449 e. The molecule has 22 heavy (non-hydrogen) atoms. The number of aliphatic hydroxyl groups excluding tert-OH is 1. The highest BCUT2D eigenvalue weighted by atomic mass is 35.5. The SMILES string of the molecule is COCOc1cc(CCCO)n(Cc2ccc(Cl)cc2Cl)n1. The fourth-order valence-corrected chi connectivity index (χ4v) is 2.50. The Bertz CT molecular complexity index is 617. The Morgan fingerprint density at radius 1 is 1.27 bits per heavy atom. The molecule has 0 spiro atoms. The summed E-state index contributed by atoms with van der Waals surface area (Å²) in [6.07, 6.45) is 1.36. The van der Waals surface area contributed by atoms with Crippen LogP contribution in [-0.4, -0.2) is 35.4 Å². The molecule has 0 radical (unpaired) electrons. The van der Waals surface area contributed by atoms with Gasteiger partial charge in [-0.3, -0.25) is 4.68 Å². The van der Waals surface area contributed by atoms with Gasteiger partial charge in [0, 0.05) is 35.5 Å². The van der Waals surface area contributed by atoms with Crippen molar-refractivity contribution in [1.82, 2.24) is 9.78 Å². The Balaban J connectivity index is 2.21. The third-order valence-electron chi connectivity index (χ3n) is 3.09. The third kappa shape index (κ3) is 4.61. The predicted molar refractivity (Wildman–Crippen MR) is 85.7 cm³/mol. The first-order valence-electron chi connectivity index (χ1n) is 6.87. The number of hydrogen-bond acceptors (Lipinski definition) is 4. The molecule has 0 aliphatic carbocycles. The van der Waals surface area contributed by atoms with Gasteiger partial charge in [0.15, 0.2) is 6.79 Å². The van der Waals surface area contributed by atoms with Gasteiger partial charge in [-0.15, -0.1) is 5.10 Å². The summed E-state index contributed by atoms with van der Waals surface area (Å²) >= 11 is 12.1. The van der Waals surface area contributed by atoms with Crippen molar-refractivity contribution in [2.24, 2.45) is 0 Å². The number of aromatic nitrogens is 2. The maximum Gasteiger partial charge on any atom is 0.235 e. The zero-order valence-corrected chi connectivity index (χ0v) is 13.8. The van der Waals surface area contributed by atoms with Gasteiger partial charge in [-0.2, -0.15) is 0 Å². The van der Waals surface area contributed by atoms with Crippen LogP contribution in [0.3, 0.4) is 0 Å². The van der Waals surface area contributed by atoms with Crippen molar-refractivity contribution in [3.8, 4) is 5.88 Å². The lowest BCUT2D eigenvalue weighted by molar-refractivity contribution is 0.0473. The van der Waals surface area contributed by atoms with Gasteiger partial charge in [-0.1, -0.05) is 29.3 Å². The molecule has 0 aliphatic rings. The second-order valence-electron chi connectivity index (χ2n) is 4.75. The Labute approximate surface area is 139 Å². The van der Waals surface area contributed by atoms with Gasteiger partial charge in [0.1, 0.15) is 0 Å². The zero-order valence-electron chi connectivity index (χ0n) is 12.3. The topological polar surface area (TPSA) is 56.5 Å². The van der Waals surface area contributed by atoms with E-state index in [0.29, 0.717) is 35.3 Å². The summed E-state index contributed by atoms with van der Waals surface area (Å²) in [6, 6.07) is 7.22. The van der Waals surface area contributed by atoms with Gasteiger partial charge in [0.2, 0.25) is 5.88 Å². The minimum Gasteiger partial charge on any atom is -0.449 e. The molecule has 1 heterocycles. The molecule has 2 aromatic rings. The Morgan fingerprint density at radius 3 is 2.77 bits per heavy atom. The van der Waals surface area contributed by atoms with Crippen LogP contribution >= 0.6 is 23.2 Å². The normalized spacial score (nSPS) is 10.9. The number of rotatable bonds is 8. The van der Waals surface area contributed by atoms with Crippen molar-refractivity contribution in [1.29, 1.82) is 0 Å². The molecule has 0 amide bonds. The molecule has 1 N–H and O–H groups in total. The van der Waals surface area contributed by atoms with Crippen LogP contribution in [0.2, 0.25) is 10.0 Å². The number of halogens is 2. The summed E-state index contributed by atoms with van der Waals surface area (Å²) < 4.78 is 12.1. The quantitative estimate of drug-likeness (QED) is 0.747. The van der Waals surface area contributed by atoms with Crippen molar-refractivity contribution < 1.29 is 14.6 Å². The summed E-state index contributed by atoms with van der Waals surface area (Å²) in [4.78, 5) is 0. The van der Waals surface area contributed by atoms with Crippen LogP contribution in [0.15, 0.2) is 24.3 Å². The molecule has 0 unspecified atom stereocenters. The lowest BCUT2D eigenvalue weighted by Crippen LogP contribution is -2.08. The van der Waals surface area contributed by atoms with E-state index in [1.807, 2.05) is 16.8 Å². The highest BCUT2D eigenvalue weighted by molar-refractivity contribution is 6.35. The van der Waals surface area contributed by atoms with Gasteiger partial charge in [-0.25, -0.2) is 0 Å². The number of benzene rings is 1. The van der Waals surface area contributed by atoms with E-state index >= 15 is 0 Å². The smallest absolute Gasteiger partial charge is 0.235 e. The molecule has 5 nitrogen and oxygen atoms in total. The van der Waals surface area contributed by atoms with E-state index in [9.17, 15) is 0 Å². The average molecular weight is 345 g/mol. The molecule has 0 bridgehead atoms. The van der Waals surface area contributed by atoms with E-state index in [0.717, 1.165) is 11.3 Å². The van der Waals surface area contributed by atoms with E-state index in [1.54, 1.807) is 19.2 Å². The van der Waals surface area contributed by atoms with Gasteiger partial charge in [0.25, 0.3) is 0 Å². The number of nitrogens with zero attached hydrogens (tertiary/aromatic N) is 2. The van der Waals surface area contributed by atoms with Crippen LogP contribution in [0.25, 0.3) is 0 Å². The first-order valence-corrected chi connectivity index (χ1v) is 7.63. The first-order chi connectivity index (χ1) is 10.6. The Hall–Kier alpha value is -1.27. The standard InChI is InChI=1S/C15H18Cl2N2O3/c1-21-10-22-15-8-13(3-2-6-20)19(18-15)9-11-4-5-12(16)7-14(11)17/h4-5,7-8,20H,2-3,6,9-10H2,1H3. The van der Waals surface area contributed by atoms with E-state index in [4.69, 9.17) is 37.8 Å². The fourth-order valence-electron chi connectivity index (χ4n) is 2.03. The summed E-state index contributed by atoms with van der Waals surface area (Å²) in [7, 11) is 1.55. The zero-order chi connectivity index (χ0) is 15.9. The van der Waals surface area contributed by atoms with Gasteiger partial charge in [-0.05, 0) is 30.5 Å². The average Bonchev–Trinajstić information content (AvgIpc) is 2.88. The maximum atomic E-state index is 9.01. The highest BCUT2D eigenvalue weighted by Crippen LogP contribution is 2.23. The first kappa shape index (κ1) is 17.1. The number of aliphatic hydroxyl groups is 1. The molecule has 0 saturated heterocycles. The Morgan fingerprint density at radius 2 is 2.09 bits per heavy atom. The number of ether oxygens (including phenoxy) is 2. The minimum atomic E-state index is 0.126. The molecule has 7 heteroatoms. The van der Waals surface area contributed by atoms with Gasteiger partial charge in [0.05, 0.1) is 6.54 Å². The molecule has 1 aromatic carbocycles. The van der Waals surface area contributed by atoms with Crippen molar-refractivity contribution in [3.63, 3.8) is 0 Å². The predicted octanol–water partition coefficient (Wildman–Crippen LogP) is 3.15. The molecular formula is C15H18Cl2N2O3. The summed E-state index contributed by atoms with van der Waals surface area (Å²) in [6.45, 7) is 0.770. The van der Waals surface area contributed by atoms with Crippen molar-refractivity contribution in [2.45, 2.75) is 19.4 Å². The molecule has 0 saturated carbocycles. The third-order valence-corrected chi connectivity index (χ3v) is 3.68. The van der Waals surface area contributed by atoms with Gasteiger partial charge < -0.3 is 14.6 Å². The summed E-state index contributed by atoms with van der Waals surface area (Å²) in [5.74, 6) is 0.486. The number of hydrogen-bond donors (Lipinski definition) is 1. The molecule has 1 aromatic heterocycles. The Kier molecular flexibility index (Phi) is 6.51. The van der Waals surface area contributed by atoms with E-state index in [1.165, 1.54) is 0 Å². The second-order valence-corrected chi connectivity index (χ2v) is 5.59. The van der Waals surface area contributed by atoms with Crippen LogP contribution in [0.4, 0.5) is 0 Å². The highest BCUT2D eigenvalue weighted by Gasteiger charge is 2.11. The van der Waals surface area contributed by atoms with E-state index in [2.05, 4.69) is 5.10 Å².